The highest BCUT2D eigenvalue weighted by Gasteiger charge is 2.31. The Morgan fingerprint density at radius 2 is 1.93 bits per heavy atom. The molecule has 0 spiro atoms. The van der Waals surface area contributed by atoms with E-state index in [0.717, 1.165) is 6.26 Å². The Hall–Kier alpha value is -0.180. The van der Waals surface area contributed by atoms with Gasteiger partial charge in [-0.3, -0.25) is 0 Å². The molecule has 0 aromatic rings. The lowest BCUT2D eigenvalue weighted by atomic mass is 10.3. The molecule has 1 aliphatic heterocycles. The lowest BCUT2D eigenvalue weighted by Crippen LogP contribution is -2.53. The first kappa shape index (κ1) is 12.9. The summed E-state index contributed by atoms with van der Waals surface area (Å²) in [6, 6.07) is -0.189. The molecule has 15 heavy (non-hydrogen) atoms. The summed E-state index contributed by atoms with van der Waals surface area (Å²) in [5, 5.41) is 2.24. The van der Waals surface area contributed by atoms with Crippen molar-refractivity contribution in [2.24, 2.45) is 0 Å². The number of hydrogen-bond donors (Lipinski definition) is 1. The minimum absolute atomic E-state index is 0.189. The van der Waals surface area contributed by atoms with Gasteiger partial charge in [0.05, 0.1) is 0 Å². The third-order valence-electron chi connectivity index (χ3n) is 2.16. The van der Waals surface area contributed by atoms with Gasteiger partial charge in [0.15, 0.2) is 14.9 Å². The van der Waals surface area contributed by atoms with Crippen LogP contribution in [0.2, 0.25) is 0 Å². The second kappa shape index (κ2) is 4.36. The lowest BCUT2D eigenvalue weighted by Gasteiger charge is -2.32. The number of nitrogens with zero attached hydrogens (tertiary/aromatic N) is 1. The van der Waals surface area contributed by atoms with E-state index in [9.17, 15) is 16.8 Å². The average Bonchev–Trinajstić information content (AvgIpc) is 1.99. The molecule has 0 aliphatic carbocycles. The fourth-order valence-corrected chi connectivity index (χ4v) is 5.27. The number of nitrogens with one attached hydrogen (secondary N) is 1. The van der Waals surface area contributed by atoms with Crippen molar-refractivity contribution in [2.45, 2.75) is 13.0 Å². The molecular formula is C7H16N2O4S2. The van der Waals surface area contributed by atoms with Crippen molar-refractivity contribution in [2.75, 3.05) is 31.0 Å². The Morgan fingerprint density at radius 1 is 1.33 bits per heavy atom. The Balaban J connectivity index is 2.85. The third-order valence-corrected chi connectivity index (χ3v) is 6.32. The number of piperazine rings is 1. The summed E-state index contributed by atoms with van der Waals surface area (Å²) in [7, 11) is -7.19. The predicted molar refractivity (Wildman–Crippen MR) is 57.7 cm³/mol. The summed E-state index contributed by atoms with van der Waals surface area (Å²) >= 11 is 0. The van der Waals surface area contributed by atoms with Crippen LogP contribution in [0.1, 0.15) is 6.92 Å². The molecule has 1 atom stereocenters. The normalized spacial score (nSPS) is 25.3. The van der Waals surface area contributed by atoms with Crippen LogP contribution in [0.25, 0.3) is 0 Å². The Bertz CT molecular complexity index is 414. The average molecular weight is 256 g/mol. The summed E-state index contributed by atoms with van der Waals surface area (Å²) in [5.41, 5.74) is 0. The molecule has 90 valence electrons. The smallest absolute Gasteiger partial charge is 0.228 e. The van der Waals surface area contributed by atoms with Crippen molar-refractivity contribution in [3.8, 4) is 0 Å². The highest BCUT2D eigenvalue weighted by Crippen LogP contribution is 2.11. The first-order chi connectivity index (χ1) is 6.72. The summed E-state index contributed by atoms with van der Waals surface area (Å²) < 4.78 is 46.7. The predicted octanol–water partition coefficient (Wildman–Crippen LogP) is -1.39. The van der Waals surface area contributed by atoms with E-state index in [1.165, 1.54) is 4.31 Å². The quantitative estimate of drug-likeness (QED) is 0.672. The van der Waals surface area contributed by atoms with E-state index in [-0.39, 0.29) is 6.04 Å². The van der Waals surface area contributed by atoms with Crippen LogP contribution in [-0.2, 0) is 19.9 Å². The van der Waals surface area contributed by atoms with Gasteiger partial charge in [0.25, 0.3) is 0 Å². The zero-order valence-corrected chi connectivity index (χ0v) is 10.4. The summed E-state index contributed by atoms with van der Waals surface area (Å²) in [6.07, 6.45) is 0.928. The molecule has 6 nitrogen and oxygen atoms in total. The van der Waals surface area contributed by atoms with Gasteiger partial charge in [-0.25, -0.2) is 16.8 Å². The molecule has 1 aliphatic rings. The minimum Gasteiger partial charge on any atom is -0.314 e. The minimum atomic E-state index is -3.68. The highest BCUT2D eigenvalue weighted by molar-refractivity contribution is 8.06. The Kier molecular flexibility index (Phi) is 3.75. The first-order valence-corrected chi connectivity index (χ1v) is 8.27. The van der Waals surface area contributed by atoms with Crippen LogP contribution in [-0.4, -0.2) is 58.2 Å². The SMILES string of the molecule is CC1CNCCN1S(=O)(=O)CS(C)(=O)=O. The highest BCUT2D eigenvalue weighted by atomic mass is 32.3. The molecule has 1 N–H and O–H groups in total. The topological polar surface area (TPSA) is 83.6 Å². The van der Waals surface area contributed by atoms with Crippen molar-refractivity contribution in [1.82, 2.24) is 9.62 Å². The van der Waals surface area contributed by atoms with Crippen molar-refractivity contribution in [1.29, 1.82) is 0 Å². The van der Waals surface area contributed by atoms with Crippen LogP contribution in [0.5, 0.6) is 0 Å². The summed E-state index contributed by atoms with van der Waals surface area (Å²) in [5.74, 6) is 0. The zero-order chi connectivity index (χ0) is 11.7. The van der Waals surface area contributed by atoms with Crippen LogP contribution < -0.4 is 5.32 Å². The monoisotopic (exact) mass is 256 g/mol. The van der Waals surface area contributed by atoms with E-state index in [0.29, 0.717) is 19.6 Å². The molecular weight excluding hydrogens is 240 g/mol. The van der Waals surface area contributed by atoms with Crippen LogP contribution in [0.4, 0.5) is 0 Å². The maximum atomic E-state index is 11.7. The van der Waals surface area contributed by atoms with E-state index < -0.39 is 24.9 Å². The molecule has 0 amide bonds. The molecule has 0 aromatic heterocycles. The van der Waals surface area contributed by atoms with Gasteiger partial charge in [-0.15, -0.1) is 0 Å². The Labute approximate surface area is 90.6 Å². The Morgan fingerprint density at radius 3 is 2.40 bits per heavy atom. The third kappa shape index (κ3) is 3.71. The van der Waals surface area contributed by atoms with Gasteiger partial charge in [-0.2, -0.15) is 4.31 Å². The molecule has 0 saturated carbocycles. The van der Waals surface area contributed by atoms with Gasteiger partial charge in [0.2, 0.25) is 10.0 Å². The van der Waals surface area contributed by atoms with Gasteiger partial charge in [-0.1, -0.05) is 0 Å². The van der Waals surface area contributed by atoms with Crippen molar-refractivity contribution in [3.05, 3.63) is 0 Å². The summed E-state index contributed by atoms with van der Waals surface area (Å²) in [6.45, 7) is 3.21. The number of sulfone groups is 1. The van der Waals surface area contributed by atoms with Crippen LogP contribution >= 0.6 is 0 Å². The van der Waals surface area contributed by atoms with E-state index in [2.05, 4.69) is 5.32 Å². The molecule has 1 fully saturated rings. The van der Waals surface area contributed by atoms with Gasteiger partial charge in [0.1, 0.15) is 0 Å². The fourth-order valence-electron chi connectivity index (χ4n) is 1.57. The van der Waals surface area contributed by atoms with E-state index >= 15 is 0 Å². The van der Waals surface area contributed by atoms with Crippen LogP contribution in [0.3, 0.4) is 0 Å². The second-order valence-electron chi connectivity index (χ2n) is 3.82. The molecule has 0 bridgehead atoms. The molecule has 8 heteroatoms. The number of hydrogen-bond acceptors (Lipinski definition) is 5. The van der Waals surface area contributed by atoms with E-state index in [1.807, 2.05) is 0 Å². The standard InChI is InChI=1S/C7H16N2O4S2/c1-7-5-8-3-4-9(7)15(12,13)6-14(2,10)11/h7-8H,3-6H2,1-2H3. The van der Waals surface area contributed by atoms with Gasteiger partial charge >= 0.3 is 0 Å². The lowest BCUT2D eigenvalue weighted by molar-refractivity contribution is 0.285. The molecule has 0 aromatic carbocycles. The van der Waals surface area contributed by atoms with Crippen LogP contribution in [0, 0.1) is 0 Å². The molecule has 1 unspecified atom stereocenters. The van der Waals surface area contributed by atoms with Gasteiger partial charge in [-0.05, 0) is 6.92 Å². The van der Waals surface area contributed by atoms with Gasteiger partial charge < -0.3 is 5.32 Å². The summed E-state index contributed by atoms with van der Waals surface area (Å²) in [4.78, 5) is 0. The van der Waals surface area contributed by atoms with E-state index in [4.69, 9.17) is 0 Å². The van der Waals surface area contributed by atoms with Crippen molar-refractivity contribution < 1.29 is 16.8 Å². The molecule has 1 rings (SSSR count). The molecule has 1 heterocycles. The fraction of sp³-hybridized carbons (Fsp3) is 1.00. The van der Waals surface area contributed by atoms with E-state index in [1.54, 1.807) is 6.92 Å². The zero-order valence-electron chi connectivity index (χ0n) is 8.80. The largest absolute Gasteiger partial charge is 0.314 e. The van der Waals surface area contributed by atoms with Crippen molar-refractivity contribution >= 4 is 19.9 Å². The maximum Gasteiger partial charge on any atom is 0.228 e. The van der Waals surface area contributed by atoms with Gasteiger partial charge in [0, 0.05) is 31.9 Å². The van der Waals surface area contributed by atoms with Crippen molar-refractivity contribution in [3.63, 3.8) is 0 Å². The molecule has 0 radical (unpaired) electrons. The molecule has 1 saturated heterocycles. The maximum absolute atomic E-state index is 11.7. The second-order valence-corrected chi connectivity index (χ2v) is 8.25. The number of rotatable bonds is 3. The van der Waals surface area contributed by atoms with Crippen LogP contribution in [0.15, 0.2) is 0 Å². The number of sulfonamides is 1. The first-order valence-electron chi connectivity index (χ1n) is 4.60.